The number of hydrogen-bond donors (Lipinski definition) is 1. The highest BCUT2D eigenvalue weighted by molar-refractivity contribution is 9.10. The number of rotatable bonds is 5. The van der Waals surface area contributed by atoms with Crippen LogP contribution < -0.4 is 5.32 Å². The number of benzene rings is 1. The van der Waals surface area contributed by atoms with Crippen LogP contribution in [0.25, 0.3) is 0 Å². The lowest BCUT2D eigenvalue weighted by Crippen LogP contribution is -2.24. The molecular formula is C14H18BrNO. The first-order valence-corrected chi connectivity index (χ1v) is 7.00. The van der Waals surface area contributed by atoms with Crippen molar-refractivity contribution in [2.45, 2.75) is 32.6 Å². The first kappa shape index (κ1) is 12.6. The first-order valence-electron chi connectivity index (χ1n) is 6.21. The highest BCUT2D eigenvalue weighted by Crippen LogP contribution is 2.33. The molecule has 0 spiro atoms. The summed E-state index contributed by atoms with van der Waals surface area (Å²) < 4.78 is 1.04. The Morgan fingerprint density at radius 3 is 2.88 bits per heavy atom. The second-order valence-electron chi connectivity index (χ2n) is 4.81. The van der Waals surface area contributed by atoms with Crippen molar-refractivity contribution in [3.63, 3.8) is 0 Å². The van der Waals surface area contributed by atoms with E-state index in [1.165, 1.54) is 19.3 Å². The Balaban J connectivity index is 1.79. The molecule has 0 bridgehead atoms. The summed E-state index contributed by atoms with van der Waals surface area (Å²) in [5.74, 6) is 0.984. The lowest BCUT2D eigenvalue weighted by molar-refractivity contribution is 0.0952. The number of hydrogen-bond acceptors (Lipinski definition) is 1. The topological polar surface area (TPSA) is 29.1 Å². The van der Waals surface area contributed by atoms with Gasteiger partial charge < -0.3 is 5.32 Å². The second kappa shape index (κ2) is 5.67. The summed E-state index contributed by atoms with van der Waals surface area (Å²) in [6.45, 7) is 2.79. The fourth-order valence-corrected chi connectivity index (χ4v) is 2.13. The third-order valence-corrected chi connectivity index (χ3v) is 4.08. The molecule has 0 atom stereocenters. The fourth-order valence-electron chi connectivity index (χ4n) is 1.89. The van der Waals surface area contributed by atoms with Gasteiger partial charge in [0.1, 0.15) is 0 Å². The average molecular weight is 296 g/mol. The van der Waals surface area contributed by atoms with Crippen LogP contribution in [0, 0.1) is 12.8 Å². The molecule has 1 aliphatic rings. The van der Waals surface area contributed by atoms with Gasteiger partial charge in [0, 0.05) is 16.6 Å². The Morgan fingerprint density at radius 1 is 1.47 bits per heavy atom. The zero-order valence-corrected chi connectivity index (χ0v) is 11.7. The SMILES string of the molecule is Cc1cc(C(=O)NCCCC2CC2)ccc1Br. The summed E-state index contributed by atoms with van der Waals surface area (Å²) in [6.07, 6.45) is 5.14. The van der Waals surface area contributed by atoms with Crippen LogP contribution in [0.2, 0.25) is 0 Å². The number of carbonyl (C=O) groups excluding carboxylic acids is 1. The van der Waals surface area contributed by atoms with Gasteiger partial charge in [0.05, 0.1) is 0 Å². The molecule has 0 heterocycles. The lowest BCUT2D eigenvalue weighted by atomic mass is 10.1. The molecule has 92 valence electrons. The van der Waals surface area contributed by atoms with E-state index in [0.29, 0.717) is 0 Å². The van der Waals surface area contributed by atoms with Crippen LogP contribution in [0.1, 0.15) is 41.6 Å². The number of amides is 1. The van der Waals surface area contributed by atoms with Crippen LogP contribution >= 0.6 is 15.9 Å². The maximum atomic E-state index is 11.8. The van der Waals surface area contributed by atoms with Crippen molar-refractivity contribution in [1.29, 1.82) is 0 Å². The summed E-state index contributed by atoms with van der Waals surface area (Å²) in [6, 6.07) is 5.70. The van der Waals surface area contributed by atoms with Crippen LogP contribution in [0.4, 0.5) is 0 Å². The predicted octanol–water partition coefficient (Wildman–Crippen LogP) is 3.68. The van der Waals surface area contributed by atoms with Gasteiger partial charge >= 0.3 is 0 Å². The highest BCUT2D eigenvalue weighted by Gasteiger charge is 2.20. The smallest absolute Gasteiger partial charge is 0.251 e. The molecule has 1 aliphatic carbocycles. The molecule has 0 radical (unpaired) electrons. The van der Waals surface area contributed by atoms with E-state index in [-0.39, 0.29) is 5.91 Å². The van der Waals surface area contributed by atoms with E-state index in [1.807, 2.05) is 25.1 Å². The minimum absolute atomic E-state index is 0.0383. The number of nitrogens with one attached hydrogen (secondary N) is 1. The molecule has 2 nitrogen and oxygen atoms in total. The monoisotopic (exact) mass is 295 g/mol. The quantitative estimate of drug-likeness (QED) is 0.825. The summed E-state index contributed by atoms with van der Waals surface area (Å²) in [5, 5.41) is 2.97. The molecule has 3 heteroatoms. The van der Waals surface area contributed by atoms with Gasteiger partial charge in [0.2, 0.25) is 0 Å². The number of carbonyl (C=O) groups is 1. The van der Waals surface area contributed by atoms with Gasteiger partial charge in [-0.3, -0.25) is 4.79 Å². The molecule has 1 saturated carbocycles. The van der Waals surface area contributed by atoms with Gasteiger partial charge in [0.25, 0.3) is 5.91 Å². The third-order valence-electron chi connectivity index (χ3n) is 3.19. The predicted molar refractivity (Wildman–Crippen MR) is 73.2 cm³/mol. The molecule has 1 aromatic carbocycles. The first-order chi connectivity index (χ1) is 8.16. The van der Waals surface area contributed by atoms with Gasteiger partial charge in [-0.25, -0.2) is 0 Å². The molecule has 1 N–H and O–H groups in total. The van der Waals surface area contributed by atoms with Crippen LogP contribution in [0.5, 0.6) is 0 Å². The van der Waals surface area contributed by atoms with Gasteiger partial charge in [-0.05, 0) is 49.4 Å². The van der Waals surface area contributed by atoms with Crippen molar-refractivity contribution in [3.05, 3.63) is 33.8 Å². The maximum Gasteiger partial charge on any atom is 0.251 e. The van der Waals surface area contributed by atoms with Crippen molar-refractivity contribution < 1.29 is 4.79 Å². The molecule has 0 aromatic heterocycles. The normalized spacial score (nSPS) is 14.7. The molecule has 0 aliphatic heterocycles. The maximum absolute atomic E-state index is 11.8. The van der Waals surface area contributed by atoms with Crippen LogP contribution in [-0.4, -0.2) is 12.5 Å². The van der Waals surface area contributed by atoms with E-state index >= 15 is 0 Å². The number of aryl methyl sites for hydroxylation is 1. The largest absolute Gasteiger partial charge is 0.352 e. The molecule has 0 unspecified atom stereocenters. The van der Waals surface area contributed by atoms with E-state index in [2.05, 4.69) is 21.2 Å². The Hall–Kier alpha value is -0.830. The molecule has 17 heavy (non-hydrogen) atoms. The van der Waals surface area contributed by atoms with Gasteiger partial charge in [0.15, 0.2) is 0 Å². The van der Waals surface area contributed by atoms with E-state index < -0.39 is 0 Å². The average Bonchev–Trinajstić information content (AvgIpc) is 3.12. The van der Waals surface area contributed by atoms with E-state index in [9.17, 15) is 4.79 Å². The summed E-state index contributed by atoms with van der Waals surface area (Å²) >= 11 is 3.43. The Labute approximate surface area is 111 Å². The van der Waals surface area contributed by atoms with E-state index in [1.54, 1.807) is 0 Å². The summed E-state index contributed by atoms with van der Waals surface area (Å²) in [5.41, 5.74) is 1.84. The van der Waals surface area contributed by atoms with Crippen LogP contribution in [0.15, 0.2) is 22.7 Å². The molecule has 2 rings (SSSR count). The van der Waals surface area contributed by atoms with E-state index in [0.717, 1.165) is 34.5 Å². The molecular weight excluding hydrogens is 278 g/mol. The van der Waals surface area contributed by atoms with E-state index in [4.69, 9.17) is 0 Å². The summed E-state index contributed by atoms with van der Waals surface area (Å²) in [7, 11) is 0. The van der Waals surface area contributed by atoms with Crippen molar-refractivity contribution in [2.24, 2.45) is 5.92 Å². The zero-order valence-electron chi connectivity index (χ0n) is 10.1. The molecule has 0 saturated heterocycles. The Bertz CT molecular complexity index is 413. The zero-order chi connectivity index (χ0) is 12.3. The second-order valence-corrected chi connectivity index (χ2v) is 5.66. The van der Waals surface area contributed by atoms with Crippen LogP contribution in [-0.2, 0) is 0 Å². The molecule has 1 fully saturated rings. The standard InChI is InChI=1S/C14H18BrNO/c1-10-9-12(6-7-13(10)15)14(17)16-8-2-3-11-4-5-11/h6-7,9,11H,2-5,8H2,1H3,(H,16,17). The molecule has 1 aromatic rings. The van der Waals surface area contributed by atoms with Crippen molar-refractivity contribution in [3.8, 4) is 0 Å². The third kappa shape index (κ3) is 3.84. The molecule has 1 amide bonds. The summed E-state index contributed by atoms with van der Waals surface area (Å²) in [4.78, 5) is 11.8. The van der Waals surface area contributed by atoms with Crippen molar-refractivity contribution >= 4 is 21.8 Å². The highest BCUT2D eigenvalue weighted by atomic mass is 79.9. The Morgan fingerprint density at radius 2 is 2.24 bits per heavy atom. The minimum atomic E-state index is 0.0383. The van der Waals surface area contributed by atoms with Gasteiger partial charge in [-0.15, -0.1) is 0 Å². The lowest BCUT2D eigenvalue weighted by Gasteiger charge is -2.06. The Kier molecular flexibility index (Phi) is 4.21. The minimum Gasteiger partial charge on any atom is -0.352 e. The fraction of sp³-hybridized carbons (Fsp3) is 0.500. The number of halogens is 1. The van der Waals surface area contributed by atoms with Crippen LogP contribution in [0.3, 0.4) is 0 Å². The van der Waals surface area contributed by atoms with Crippen molar-refractivity contribution in [2.75, 3.05) is 6.54 Å². The van der Waals surface area contributed by atoms with Crippen molar-refractivity contribution in [1.82, 2.24) is 5.32 Å². The van der Waals surface area contributed by atoms with Gasteiger partial charge in [-0.2, -0.15) is 0 Å². The van der Waals surface area contributed by atoms with Gasteiger partial charge in [-0.1, -0.05) is 28.8 Å².